The molecule has 1 aliphatic heterocycles. The number of benzene rings is 1. The van der Waals surface area contributed by atoms with Gasteiger partial charge >= 0.3 is 0 Å². The zero-order chi connectivity index (χ0) is 20.4. The Morgan fingerprint density at radius 2 is 2.14 bits per heavy atom. The number of halogens is 1. The highest BCUT2D eigenvalue weighted by molar-refractivity contribution is 9.10. The van der Waals surface area contributed by atoms with Crippen LogP contribution in [0.3, 0.4) is 0 Å². The molecule has 6 nitrogen and oxygen atoms in total. The third kappa shape index (κ3) is 4.90. The molecule has 0 radical (unpaired) electrons. The first kappa shape index (κ1) is 20.6. The fourth-order valence-electron chi connectivity index (χ4n) is 3.21. The predicted molar refractivity (Wildman–Crippen MR) is 124 cm³/mol. The number of rotatable bonds is 5. The number of thioether (sulfide) groups is 1. The van der Waals surface area contributed by atoms with Gasteiger partial charge in [0.15, 0.2) is 10.8 Å². The number of aryl methyl sites for hydroxylation is 1. The molecule has 3 heterocycles. The van der Waals surface area contributed by atoms with Crippen LogP contribution in [0.5, 0.6) is 0 Å². The summed E-state index contributed by atoms with van der Waals surface area (Å²) in [5, 5.41) is 4.76. The number of carbonyl (C=O) groups excluding carboxylic acids is 1. The number of fused-ring (bicyclic) bond motifs is 1. The van der Waals surface area contributed by atoms with Gasteiger partial charge in [-0.25, -0.2) is 9.97 Å². The monoisotopic (exact) mass is 491 g/mol. The molecule has 9 heteroatoms. The fourth-order valence-corrected chi connectivity index (χ4v) is 5.40. The lowest BCUT2D eigenvalue weighted by atomic mass is 10.00. The van der Waals surface area contributed by atoms with Crippen LogP contribution in [0.1, 0.15) is 25.3 Å². The quantitative estimate of drug-likeness (QED) is 0.394. The number of carbonyl (C=O) groups is 1. The lowest BCUT2D eigenvalue weighted by Crippen LogP contribution is -2.32. The summed E-state index contributed by atoms with van der Waals surface area (Å²) in [5.41, 5.74) is 2.59. The summed E-state index contributed by atoms with van der Waals surface area (Å²) in [6.45, 7) is 6.37. The Hall–Kier alpha value is -1.71. The van der Waals surface area contributed by atoms with Crippen LogP contribution >= 0.6 is 39.0 Å². The van der Waals surface area contributed by atoms with E-state index >= 15 is 0 Å². The molecule has 152 valence electrons. The van der Waals surface area contributed by atoms with Gasteiger partial charge in [0.2, 0.25) is 5.91 Å². The smallest absolute Gasteiger partial charge is 0.234 e. The Labute approximate surface area is 186 Å². The summed E-state index contributed by atoms with van der Waals surface area (Å²) in [6, 6.07) is 5.77. The Balaban J connectivity index is 1.43. The standard InChI is InChI=1S/C20H22BrN5OS2/c1-12-5-7-26(8-6-12)20-25-18-17(29-20)19(23-11-22-18)28-10-16(27)24-14-3-4-15(21)13(2)9-14/h3-4,9,11-12H,5-8,10H2,1-2H3,(H,24,27). The van der Waals surface area contributed by atoms with Gasteiger partial charge in [0, 0.05) is 23.2 Å². The molecular formula is C20H22BrN5OS2. The number of hydrogen-bond donors (Lipinski definition) is 1. The number of anilines is 2. The summed E-state index contributed by atoms with van der Waals surface area (Å²) in [6.07, 6.45) is 3.92. The van der Waals surface area contributed by atoms with Crippen LogP contribution < -0.4 is 10.2 Å². The first-order valence-corrected chi connectivity index (χ1v) is 12.1. The lowest BCUT2D eigenvalue weighted by Gasteiger charge is -2.29. The van der Waals surface area contributed by atoms with Crippen molar-refractivity contribution in [2.45, 2.75) is 31.7 Å². The third-order valence-corrected chi connectivity index (χ3v) is 8.10. The van der Waals surface area contributed by atoms with Crippen LogP contribution in [0.2, 0.25) is 0 Å². The molecule has 0 saturated carbocycles. The van der Waals surface area contributed by atoms with Crippen molar-refractivity contribution in [3.8, 4) is 0 Å². The van der Waals surface area contributed by atoms with Crippen molar-refractivity contribution in [3.05, 3.63) is 34.6 Å². The maximum absolute atomic E-state index is 12.4. The second-order valence-corrected chi connectivity index (χ2v) is 10.1. The van der Waals surface area contributed by atoms with Gasteiger partial charge in [-0.2, -0.15) is 4.98 Å². The number of thiazole rings is 1. The molecule has 1 aliphatic rings. The summed E-state index contributed by atoms with van der Waals surface area (Å²) in [7, 11) is 0. The largest absolute Gasteiger partial charge is 0.348 e. The Bertz CT molecular complexity index is 1030. The first-order chi connectivity index (χ1) is 14.0. The minimum atomic E-state index is -0.0572. The molecule has 29 heavy (non-hydrogen) atoms. The summed E-state index contributed by atoms with van der Waals surface area (Å²) < 4.78 is 1.98. The zero-order valence-corrected chi connectivity index (χ0v) is 19.5. The van der Waals surface area contributed by atoms with Crippen LogP contribution in [-0.4, -0.2) is 39.7 Å². The number of nitrogens with one attached hydrogen (secondary N) is 1. The Morgan fingerprint density at radius 1 is 1.34 bits per heavy atom. The van der Waals surface area contributed by atoms with Gasteiger partial charge in [0.05, 0.1) is 5.75 Å². The van der Waals surface area contributed by atoms with Gasteiger partial charge in [0.1, 0.15) is 16.1 Å². The molecule has 1 saturated heterocycles. The highest BCUT2D eigenvalue weighted by Crippen LogP contribution is 2.35. The van der Waals surface area contributed by atoms with Crippen LogP contribution in [0, 0.1) is 12.8 Å². The van der Waals surface area contributed by atoms with E-state index in [2.05, 4.69) is 43.0 Å². The molecule has 0 aliphatic carbocycles. The van der Waals surface area contributed by atoms with E-state index in [4.69, 9.17) is 4.98 Å². The molecule has 0 spiro atoms. The van der Waals surface area contributed by atoms with Crippen LogP contribution in [-0.2, 0) is 4.79 Å². The van der Waals surface area contributed by atoms with Gasteiger partial charge in [-0.3, -0.25) is 4.79 Å². The van der Waals surface area contributed by atoms with Gasteiger partial charge < -0.3 is 10.2 Å². The molecule has 1 amide bonds. The van der Waals surface area contributed by atoms with Crippen molar-refractivity contribution in [2.24, 2.45) is 5.92 Å². The zero-order valence-electron chi connectivity index (χ0n) is 16.3. The lowest BCUT2D eigenvalue weighted by molar-refractivity contribution is -0.113. The van der Waals surface area contributed by atoms with Crippen molar-refractivity contribution in [1.29, 1.82) is 0 Å². The van der Waals surface area contributed by atoms with Crippen molar-refractivity contribution < 1.29 is 4.79 Å². The third-order valence-electron chi connectivity index (χ3n) is 4.98. The molecule has 1 aromatic carbocycles. The Morgan fingerprint density at radius 3 is 2.90 bits per heavy atom. The van der Waals surface area contributed by atoms with Crippen LogP contribution in [0.15, 0.2) is 34.0 Å². The first-order valence-electron chi connectivity index (χ1n) is 9.55. The van der Waals surface area contributed by atoms with Gasteiger partial charge in [-0.05, 0) is 49.4 Å². The maximum Gasteiger partial charge on any atom is 0.234 e. The molecule has 0 bridgehead atoms. The number of hydrogen-bond acceptors (Lipinski definition) is 7. The number of amides is 1. The SMILES string of the molecule is Cc1cc(NC(=O)CSc2ncnc3nc(N4CCC(C)CC4)sc23)ccc1Br. The molecule has 4 rings (SSSR count). The second kappa shape index (κ2) is 8.97. The van der Waals surface area contributed by atoms with E-state index < -0.39 is 0 Å². The highest BCUT2D eigenvalue weighted by Gasteiger charge is 2.20. The average Bonchev–Trinajstić information content (AvgIpc) is 3.14. The maximum atomic E-state index is 12.4. The topological polar surface area (TPSA) is 71.0 Å². The second-order valence-electron chi connectivity index (χ2n) is 7.30. The highest BCUT2D eigenvalue weighted by atomic mass is 79.9. The van der Waals surface area contributed by atoms with Crippen LogP contribution in [0.25, 0.3) is 10.3 Å². The normalized spacial score (nSPS) is 15.1. The van der Waals surface area contributed by atoms with E-state index in [-0.39, 0.29) is 11.7 Å². The summed E-state index contributed by atoms with van der Waals surface area (Å²) in [5.74, 6) is 1.01. The van der Waals surface area contributed by atoms with Crippen LogP contribution in [0.4, 0.5) is 10.8 Å². The number of nitrogens with zero attached hydrogens (tertiary/aromatic N) is 4. The molecule has 3 aromatic rings. The van der Waals surface area contributed by atoms with E-state index in [1.165, 1.54) is 30.9 Å². The predicted octanol–water partition coefficient (Wildman–Crippen LogP) is 5.12. The molecule has 0 unspecified atom stereocenters. The number of aromatic nitrogens is 3. The molecule has 0 atom stereocenters. The summed E-state index contributed by atoms with van der Waals surface area (Å²) in [4.78, 5) is 28.2. The van der Waals surface area contributed by atoms with Crippen molar-refractivity contribution in [2.75, 3.05) is 29.1 Å². The molecule has 1 N–H and O–H groups in total. The van der Waals surface area contributed by atoms with E-state index in [0.717, 1.165) is 49.6 Å². The van der Waals surface area contributed by atoms with E-state index in [1.54, 1.807) is 11.3 Å². The fraction of sp³-hybridized carbons (Fsp3) is 0.400. The minimum Gasteiger partial charge on any atom is -0.348 e. The van der Waals surface area contributed by atoms with Gasteiger partial charge in [0.25, 0.3) is 0 Å². The minimum absolute atomic E-state index is 0.0572. The van der Waals surface area contributed by atoms with Crippen molar-refractivity contribution in [1.82, 2.24) is 15.0 Å². The average molecular weight is 492 g/mol. The Kier molecular flexibility index (Phi) is 6.36. The van der Waals surface area contributed by atoms with E-state index in [1.807, 2.05) is 25.1 Å². The van der Waals surface area contributed by atoms with Crippen molar-refractivity contribution >= 4 is 66.1 Å². The van der Waals surface area contributed by atoms with Crippen molar-refractivity contribution in [3.63, 3.8) is 0 Å². The molecule has 2 aromatic heterocycles. The van der Waals surface area contributed by atoms with Gasteiger partial charge in [-0.15, -0.1) is 0 Å². The van der Waals surface area contributed by atoms with E-state index in [0.29, 0.717) is 5.65 Å². The van der Waals surface area contributed by atoms with Gasteiger partial charge in [-0.1, -0.05) is 46.0 Å². The molecule has 1 fully saturated rings. The van der Waals surface area contributed by atoms with E-state index in [9.17, 15) is 4.79 Å². The number of piperidine rings is 1. The summed E-state index contributed by atoms with van der Waals surface area (Å²) >= 11 is 6.52. The molecular weight excluding hydrogens is 470 g/mol.